The van der Waals surface area contributed by atoms with Gasteiger partial charge in [-0.3, -0.25) is 0 Å². The van der Waals surface area contributed by atoms with E-state index in [4.69, 9.17) is 4.52 Å². The van der Waals surface area contributed by atoms with Crippen molar-refractivity contribution in [3.05, 3.63) is 41.5 Å². The largest absolute Gasteiger partial charge is 0.372 e. The Bertz CT molecular complexity index is 770. The minimum Gasteiger partial charge on any atom is -0.372 e. The van der Waals surface area contributed by atoms with Crippen LogP contribution in [0.4, 0.5) is 10.5 Å². The van der Waals surface area contributed by atoms with Crippen molar-refractivity contribution >= 4 is 11.7 Å². The fourth-order valence-electron chi connectivity index (χ4n) is 3.31. The predicted molar refractivity (Wildman–Crippen MR) is 93.2 cm³/mol. The van der Waals surface area contributed by atoms with Gasteiger partial charge in [-0.2, -0.15) is 4.98 Å². The second-order valence-corrected chi connectivity index (χ2v) is 6.97. The summed E-state index contributed by atoms with van der Waals surface area (Å²) in [5, 5.41) is 6.88. The molecule has 0 saturated heterocycles. The highest BCUT2D eigenvalue weighted by atomic mass is 16.5. The lowest BCUT2D eigenvalue weighted by Gasteiger charge is -2.28. The van der Waals surface area contributed by atoms with E-state index in [2.05, 4.69) is 46.5 Å². The number of hydrogen-bond donors (Lipinski definition) is 1. The number of para-hydroxylation sites is 1. The standard InChI is InChI=1S/C18H23N5O2/c1-12-10-22(2)15-6-4-3-5-14(15)11-23(12)18(24)19-9-16-20-17(25-21-16)13-7-8-13/h3-6,12-13H,7-11H2,1-2H3,(H,19,24)/t12-/m0/s1. The van der Waals surface area contributed by atoms with Gasteiger partial charge in [-0.25, -0.2) is 4.79 Å². The predicted octanol–water partition coefficient (Wildman–Crippen LogP) is 2.50. The highest BCUT2D eigenvalue weighted by molar-refractivity contribution is 5.75. The van der Waals surface area contributed by atoms with Crippen molar-refractivity contribution < 1.29 is 9.32 Å². The number of amides is 2. The molecule has 1 aromatic heterocycles. The maximum atomic E-state index is 12.7. The Morgan fingerprint density at radius 3 is 2.96 bits per heavy atom. The number of anilines is 1. The quantitative estimate of drug-likeness (QED) is 0.928. The van der Waals surface area contributed by atoms with Crippen LogP contribution in [0.2, 0.25) is 0 Å². The van der Waals surface area contributed by atoms with E-state index in [-0.39, 0.29) is 18.6 Å². The number of benzene rings is 1. The number of hydrogen-bond acceptors (Lipinski definition) is 5. The van der Waals surface area contributed by atoms with Crippen LogP contribution in [0.25, 0.3) is 0 Å². The molecular weight excluding hydrogens is 318 g/mol. The van der Waals surface area contributed by atoms with Gasteiger partial charge in [0.1, 0.15) is 0 Å². The SMILES string of the molecule is C[C@H]1CN(C)c2ccccc2CN1C(=O)NCc1noc(C2CC2)n1. The second kappa shape index (κ2) is 6.38. The minimum absolute atomic E-state index is 0.102. The third-order valence-corrected chi connectivity index (χ3v) is 4.88. The Hall–Kier alpha value is -2.57. The molecule has 25 heavy (non-hydrogen) atoms. The third-order valence-electron chi connectivity index (χ3n) is 4.88. The van der Waals surface area contributed by atoms with Crippen molar-refractivity contribution in [3.8, 4) is 0 Å². The molecule has 7 nitrogen and oxygen atoms in total. The first-order valence-electron chi connectivity index (χ1n) is 8.78. The summed E-state index contributed by atoms with van der Waals surface area (Å²) in [5.41, 5.74) is 2.33. The van der Waals surface area contributed by atoms with E-state index in [1.807, 2.05) is 17.0 Å². The van der Waals surface area contributed by atoms with E-state index in [9.17, 15) is 4.79 Å². The molecule has 0 spiro atoms. The Balaban J connectivity index is 1.43. The maximum Gasteiger partial charge on any atom is 0.318 e. The Labute approximate surface area is 147 Å². The number of urea groups is 1. The molecule has 1 saturated carbocycles. The Morgan fingerprint density at radius 1 is 1.36 bits per heavy atom. The summed E-state index contributed by atoms with van der Waals surface area (Å²) in [6, 6.07) is 8.22. The average Bonchev–Trinajstić information content (AvgIpc) is 3.37. The summed E-state index contributed by atoms with van der Waals surface area (Å²) >= 11 is 0. The lowest BCUT2D eigenvalue weighted by Crippen LogP contribution is -2.46. The van der Waals surface area contributed by atoms with Gasteiger partial charge in [-0.05, 0) is 31.4 Å². The third kappa shape index (κ3) is 3.31. The van der Waals surface area contributed by atoms with Crippen molar-refractivity contribution in [1.29, 1.82) is 0 Å². The summed E-state index contributed by atoms with van der Waals surface area (Å²) in [4.78, 5) is 21.1. The molecule has 2 aliphatic rings. The van der Waals surface area contributed by atoms with Crippen LogP contribution < -0.4 is 10.2 Å². The van der Waals surface area contributed by atoms with E-state index in [1.165, 1.54) is 5.69 Å². The number of nitrogens with zero attached hydrogens (tertiary/aromatic N) is 4. The summed E-state index contributed by atoms with van der Waals surface area (Å²) in [6.07, 6.45) is 2.23. The fraction of sp³-hybridized carbons (Fsp3) is 0.500. The monoisotopic (exact) mass is 341 g/mol. The van der Waals surface area contributed by atoms with Gasteiger partial charge in [0.15, 0.2) is 5.82 Å². The van der Waals surface area contributed by atoms with Gasteiger partial charge in [0.25, 0.3) is 0 Å². The number of carbonyl (C=O) groups is 1. The first-order valence-corrected chi connectivity index (χ1v) is 8.78. The highest BCUT2D eigenvalue weighted by Gasteiger charge is 2.30. The van der Waals surface area contributed by atoms with Crippen LogP contribution in [0.3, 0.4) is 0 Å². The minimum atomic E-state index is -0.102. The van der Waals surface area contributed by atoms with E-state index in [0.717, 1.165) is 24.9 Å². The van der Waals surface area contributed by atoms with E-state index in [0.29, 0.717) is 24.2 Å². The zero-order valence-electron chi connectivity index (χ0n) is 14.6. The van der Waals surface area contributed by atoms with Crippen LogP contribution >= 0.6 is 0 Å². The van der Waals surface area contributed by atoms with E-state index in [1.54, 1.807) is 0 Å². The van der Waals surface area contributed by atoms with E-state index >= 15 is 0 Å². The maximum absolute atomic E-state index is 12.7. The zero-order valence-corrected chi connectivity index (χ0v) is 14.6. The molecule has 1 fully saturated rings. The van der Waals surface area contributed by atoms with E-state index < -0.39 is 0 Å². The Morgan fingerprint density at radius 2 is 2.16 bits per heavy atom. The van der Waals surface area contributed by atoms with Crippen LogP contribution in [0.1, 0.15) is 43.0 Å². The molecule has 2 aromatic rings. The van der Waals surface area contributed by atoms with Gasteiger partial charge < -0.3 is 19.6 Å². The molecule has 1 N–H and O–H groups in total. The lowest BCUT2D eigenvalue weighted by atomic mass is 10.1. The number of nitrogens with one attached hydrogen (secondary N) is 1. The van der Waals surface area contributed by atoms with Crippen molar-refractivity contribution in [1.82, 2.24) is 20.4 Å². The van der Waals surface area contributed by atoms with Crippen molar-refractivity contribution in [3.63, 3.8) is 0 Å². The summed E-state index contributed by atoms with van der Waals surface area (Å²) in [5.74, 6) is 1.66. The zero-order chi connectivity index (χ0) is 17.4. The smallest absolute Gasteiger partial charge is 0.318 e. The van der Waals surface area contributed by atoms with Gasteiger partial charge >= 0.3 is 6.03 Å². The molecule has 132 valence electrons. The topological polar surface area (TPSA) is 74.5 Å². The van der Waals surface area contributed by atoms with Crippen molar-refractivity contribution in [2.45, 2.75) is 44.8 Å². The lowest BCUT2D eigenvalue weighted by molar-refractivity contribution is 0.177. The van der Waals surface area contributed by atoms with Gasteiger partial charge in [0.2, 0.25) is 5.89 Å². The molecule has 2 amide bonds. The molecule has 1 aliphatic carbocycles. The number of fused-ring (bicyclic) bond motifs is 1. The van der Waals surface area contributed by atoms with Crippen LogP contribution in [-0.2, 0) is 13.1 Å². The van der Waals surface area contributed by atoms with Crippen LogP contribution in [0.15, 0.2) is 28.8 Å². The summed E-state index contributed by atoms with van der Waals surface area (Å²) in [7, 11) is 2.06. The summed E-state index contributed by atoms with van der Waals surface area (Å²) in [6.45, 7) is 3.74. The molecule has 2 heterocycles. The van der Waals surface area contributed by atoms with Gasteiger partial charge in [0, 0.05) is 37.8 Å². The molecule has 1 aliphatic heterocycles. The molecule has 1 atom stereocenters. The first kappa shape index (κ1) is 15.9. The van der Waals surface area contributed by atoms with Crippen molar-refractivity contribution in [2.24, 2.45) is 0 Å². The van der Waals surface area contributed by atoms with Gasteiger partial charge in [-0.15, -0.1) is 0 Å². The molecular formula is C18H23N5O2. The number of carbonyl (C=O) groups excluding carboxylic acids is 1. The summed E-state index contributed by atoms with van der Waals surface area (Å²) < 4.78 is 5.24. The molecule has 0 radical (unpaired) electrons. The van der Waals surface area contributed by atoms with Crippen molar-refractivity contribution in [2.75, 3.05) is 18.5 Å². The van der Waals surface area contributed by atoms with Gasteiger partial charge in [-0.1, -0.05) is 23.4 Å². The number of likely N-dealkylation sites (N-methyl/N-ethyl adjacent to an activating group) is 1. The Kier molecular flexibility index (Phi) is 4.07. The van der Waals surface area contributed by atoms with Crippen LogP contribution in [0, 0.1) is 0 Å². The van der Waals surface area contributed by atoms with Gasteiger partial charge in [0.05, 0.1) is 6.54 Å². The first-order chi connectivity index (χ1) is 12.1. The fourth-order valence-corrected chi connectivity index (χ4v) is 3.31. The number of rotatable bonds is 3. The second-order valence-electron chi connectivity index (χ2n) is 6.97. The molecule has 0 bridgehead atoms. The molecule has 4 rings (SSSR count). The van der Waals surface area contributed by atoms with Crippen LogP contribution in [-0.4, -0.2) is 40.7 Å². The molecule has 7 heteroatoms. The van der Waals surface area contributed by atoms with Crippen LogP contribution in [0.5, 0.6) is 0 Å². The highest BCUT2D eigenvalue weighted by Crippen LogP contribution is 2.38. The normalized spacial score (nSPS) is 20.2. The average molecular weight is 341 g/mol. The molecule has 1 aromatic carbocycles. The number of aromatic nitrogens is 2. The molecule has 0 unspecified atom stereocenters.